The third kappa shape index (κ3) is 3.61. The van der Waals surface area contributed by atoms with Gasteiger partial charge >= 0.3 is 5.97 Å². The van der Waals surface area contributed by atoms with Crippen molar-refractivity contribution in [1.29, 1.82) is 0 Å². The van der Waals surface area contributed by atoms with Crippen LogP contribution in [0.5, 0.6) is 0 Å². The number of halogens is 1. The summed E-state index contributed by atoms with van der Waals surface area (Å²) >= 11 is 6.02. The summed E-state index contributed by atoms with van der Waals surface area (Å²) in [5, 5.41) is 4.27. The highest BCUT2D eigenvalue weighted by atomic mass is 35.5. The summed E-state index contributed by atoms with van der Waals surface area (Å²) in [6, 6.07) is 0. The molecule has 1 aliphatic heterocycles. The van der Waals surface area contributed by atoms with Crippen molar-refractivity contribution in [3.63, 3.8) is 0 Å². The Kier molecular flexibility index (Phi) is 5.11. The summed E-state index contributed by atoms with van der Waals surface area (Å²) in [5.41, 5.74) is 0.711. The molecule has 1 aliphatic rings. The van der Waals surface area contributed by atoms with Gasteiger partial charge in [-0.25, -0.2) is 4.79 Å². The summed E-state index contributed by atoms with van der Waals surface area (Å²) in [6.45, 7) is 7.10. The fraction of sp³-hybridized carbons (Fsp3) is 0.667. The maximum absolute atomic E-state index is 12.2. The molecule has 1 saturated heterocycles. The Labute approximate surface area is 135 Å². The molecule has 0 bridgehead atoms. The van der Waals surface area contributed by atoms with Gasteiger partial charge in [0.25, 0.3) is 5.91 Å². The Morgan fingerprint density at radius 1 is 1.32 bits per heavy atom. The van der Waals surface area contributed by atoms with Crippen molar-refractivity contribution < 1.29 is 14.3 Å². The van der Waals surface area contributed by atoms with E-state index < -0.39 is 5.97 Å². The molecule has 2 unspecified atom stereocenters. The van der Waals surface area contributed by atoms with Gasteiger partial charge in [-0.05, 0) is 25.2 Å². The summed E-state index contributed by atoms with van der Waals surface area (Å²) < 4.78 is 6.53. The predicted molar refractivity (Wildman–Crippen MR) is 82.8 cm³/mol. The third-order valence-corrected chi connectivity index (χ3v) is 4.34. The second-order valence-electron chi connectivity index (χ2n) is 6.20. The van der Waals surface area contributed by atoms with Crippen LogP contribution in [-0.2, 0) is 16.6 Å². The van der Waals surface area contributed by atoms with Crippen LogP contribution in [0.15, 0.2) is 0 Å². The van der Waals surface area contributed by atoms with E-state index in [2.05, 4.69) is 18.9 Å². The van der Waals surface area contributed by atoms with Crippen LogP contribution in [0.1, 0.15) is 36.3 Å². The minimum Gasteiger partial charge on any atom is -0.452 e. The Morgan fingerprint density at radius 2 is 1.91 bits per heavy atom. The summed E-state index contributed by atoms with van der Waals surface area (Å²) in [4.78, 5) is 26.0. The third-order valence-electron chi connectivity index (χ3n) is 3.90. The summed E-state index contributed by atoms with van der Waals surface area (Å²) in [6.07, 6.45) is 1.12. The minimum atomic E-state index is -0.609. The van der Waals surface area contributed by atoms with E-state index in [1.807, 2.05) is 0 Å². The standard InChI is InChI=1S/C15H22ClN3O3/c1-9-5-10(2)7-19(6-9)12(20)8-22-15(21)13-11(3)17-18(4)14(13)16/h9-10H,5-8H2,1-4H3. The van der Waals surface area contributed by atoms with Crippen LogP contribution < -0.4 is 0 Å². The smallest absolute Gasteiger partial charge is 0.343 e. The first-order valence-electron chi connectivity index (χ1n) is 7.43. The van der Waals surface area contributed by atoms with Gasteiger partial charge in [0, 0.05) is 20.1 Å². The average Bonchev–Trinajstić information content (AvgIpc) is 2.68. The van der Waals surface area contributed by atoms with Gasteiger partial charge in [0.1, 0.15) is 10.7 Å². The molecule has 0 aliphatic carbocycles. The number of likely N-dealkylation sites (tertiary alicyclic amines) is 1. The second kappa shape index (κ2) is 6.69. The molecule has 0 radical (unpaired) electrons. The normalized spacial score (nSPS) is 21.8. The van der Waals surface area contributed by atoms with Crippen LogP contribution in [0.4, 0.5) is 0 Å². The van der Waals surface area contributed by atoms with Gasteiger partial charge in [-0.2, -0.15) is 5.10 Å². The van der Waals surface area contributed by atoms with Crippen molar-refractivity contribution in [1.82, 2.24) is 14.7 Å². The molecule has 2 atom stereocenters. The number of rotatable bonds is 3. The number of hydrogen-bond donors (Lipinski definition) is 0. The van der Waals surface area contributed by atoms with Gasteiger partial charge in [0.2, 0.25) is 0 Å². The number of carbonyl (C=O) groups excluding carboxylic acids is 2. The second-order valence-corrected chi connectivity index (χ2v) is 6.55. The van der Waals surface area contributed by atoms with E-state index in [4.69, 9.17) is 16.3 Å². The Balaban J connectivity index is 1.95. The number of ether oxygens (including phenoxy) is 1. The first-order chi connectivity index (χ1) is 10.3. The molecule has 0 N–H and O–H groups in total. The lowest BCUT2D eigenvalue weighted by atomic mass is 9.92. The lowest BCUT2D eigenvalue weighted by Crippen LogP contribution is -2.44. The van der Waals surface area contributed by atoms with E-state index in [0.717, 1.165) is 6.42 Å². The van der Waals surface area contributed by atoms with E-state index >= 15 is 0 Å². The van der Waals surface area contributed by atoms with E-state index in [0.29, 0.717) is 30.6 Å². The van der Waals surface area contributed by atoms with Crippen LogP contribution in [0, 0.1) is 18.8 Å². The number of carbonyl (C=O) groups is 2. The van der Waals surface area contributed by atoms with Gasteiger partial charge in [-0.3, -0.25) is 9.48 Å². The Bertz CT molecular complexity index is 575. The molecule has 0 saturated carbocycles. The van der Waals surface area contributed by atoms with Gasteiger partial charge in [0.15, 0.2) is 6.61 Å². The molecule has 2 heterocycles. The summed E-state index contributed by atoms with van der Waals surface area (Å²) in [5.74, 6) is 0.170. The quantitative estimate of drug-likeness (QED) is 0.797. The maximum Gasteiger partial charge on any atom is 0.343 e. The van der Waals surface area contributed by atoms with Crippen LogP contribution in [0.3, 0.4) is 0 Å². The first kappa shape index (κ1) is 16.8. The zero-order valence-electron chi connectivity index (χ0n) is 13.4. The largest absolute Gasteiger partial charge is 0.452 e. The molecule has 0 spiro atoms. The number of amides is 1. The molecule has 2 rings (SSSR count). The van der Waals surface area contributed by atoms with Crippen molar-refractivity contribution in [2.24, 2.45) is 18.9 Å². The molecular formula is C15H22ClN3O3. The molecule has 6 nitrogen and oxygen atoms in total. The van der Waals surface area contributed by atoms with Gasteiger partial charge in [0.05, 0.1) is 5.69 Å². The van der Waals surface area contributed by atoms with Crippen molar-refractivity contribution in [3.05, 3.63) is 16.4 Å². The highest BCUT2D eigenvalue weighted by molar-refractivity contribution is 6.32. The number of piperidine rings is 1. The van der Waals surface area contributed by atoms with Crippen LogP contribution in [0.2, 0.25) is 5.15 Å². The zero-order chi connectivity index (χ0) is 16.4. The highest BCUT2D eigenvalue weighted by Gasteiger charge is 2.27. The first-order valence-corrected chi connectivity index (χ1v) is 7.81. The predicted octanol–water partition coefficient (Wildman–Crippen LogP) is 2.04. The van der Waals surface area contributed by atoms with Crippen molar-refractivity contribution in [2.45, 2.75) is 27.2 Å². The van der Waals surface area contributed by atoms with E-state index in [1.165, 1.54) is 4.68 Å². The minimum absolute atomic E-state index is 0.163. The molecule has 1 aromatic heterocycles. The van der Waals surface area contributed by atoms with E-state index in [9.17, 15) is 9.59 Å². The lowest BCUT2D eigenvalue weighted by Gasteiger charge is -2.34. The van der Waals surface area contributed by atoms with Gasteiger partial charge in [-0.15, -0.1) is 0 Å². The zero-order valence-corrected chi connectivity index (χ0v) is 14.2. The molecular weight excluding hydrogens is 306 g/mol. The van der Waals surface area contributed by atoms with Crippen LogP contribution in [0.25, 0.3) is 0 Å². The molecule has 1 fully saturated rings. The van der Waals surface area contributed by atoms with E-state index in [-0.39, 0.29) is 23.2 Å². The molecule has 122 valence electrons. The topological polar surface area (TPSA) is 64.4 Å². The average molecular weight is 328 g/mol. The molecule has 7 heteroatoms. The fourth-order valence-electron chi connectivity index (χ4n) is 3.02. The lowest BCUT2D eigenvalue weighted by molar-refractivity contribution is -0.137. The monoisotopic (exact) mass is 327 g/mol. The molecule has 0 aromatic carbocycles. The van der Waals surface area contributed by atoms with Crippen molar-refractivity contribution in [3.8, 4) is 0 Å². The van der Waals surface area contributed by atoms with Crippen molar-refractivity contribution >= 4 is 23.5 Å². The number of aryl methyl sites for hydroxylation is 2. The van der Waals surface area contributed by atoms with Crippen LogP contribution >= 0.6 is 11.6 Å². The molecule has 22 heavy (non-hydrogen) atoms. The highest BCUT2D eigenvalue weighted by Crippen LogP contribution is 2.22. The Morgan fingerprint density at radius 3 is 2.41 bits per heavy atom. The van der Waals surface area contributed by atoms with Crippen LogP contribution in [-0.4, -0.2) is 46.3 Å². The number of esters is 1. The molecule has 1 aromatic rings. The number of hydrogen-bond acceptors (Lipinski definition) is 4. The van der Waals surface area contributed by atoms with Gasteiger partial charge in [-0.1, -0.05) is 25.4 Å². The SMILES string of the molecule is Cc1nn(C)c(Cl)c1C(=O)OCC(=O)N1CC(C)CC(C)C1. The Hall–Kier alpha value is -1.56. The molecule has 1 amide bonds. The van der Waals surface area contributed by atoms with Gasteiger partial charge < -0.3 is 9.64 Å². The fourth-order valence-corrected chi connectivity index (χ4v) is 3.27. The summed E-state index contributed by atoms with van der Waals surface area (Å²) in [7, 11) is 1.65. The maximum atomic E-state index is 12.2. The number of nitrogens with zero attached hydrogens (tertiary/aromatic N) is 3. The van der Waals surface area contributed by atoms with Crippen molar-refractivity contribution in [2.75, 3.05) is 19.7 Å². The number of aromatic nitrogens is 2. The van der Waals surface area contributed by atoms with E-state index in [1.54, 1.807) is 18.9 Å².